The Bertz CT molecular complexity index is 1430. The van der Waals surface area contributed by atoms with E-state index >= 15 is 0 Å². The Balaban J connectivity index is 1.87. The van der Waals surface area contributed by atoms with E-state index < -0.39 is 5.60 Å². The number of benzene rings is 1. The molecule has 3 heterocycles. The zero-order valence-corrected chi connectivity index (χ0v) is 19.1. The van der Waals surface area contributed by atoms with Gasteiger partial charge >= 0.3 is 0 Å². The molecule has 4 N–H and O–H groups in total. The molecule has 0 bridgehead atoms. The molecule has 0 aliphatic heterocycles. The first kappa shape index (κ1) is 22.6. The van der Waals surface area contributed by atoms with Crippen LogP contribution >= 0.6 is 0 Å². The molecule has 172 valence electrons. The highest BCUT2D eigenvalue weighted by molar-refractivity contribution is 6.05. The Hall–Kier alpha value is -4.56. The molecule has 3 aromatic heterocycles. The molecule has 0 spiro atoms. The fourth-order valence-corrected chi connectivity index (χ4v) is 3.23. The second-order valence-electron chi connectivity index (χ2n) is 7.81. The Kier molecular flexibility index (Phi) is 5.83. The largest absolute Gasteiger partial charge is 0.373 e. The summed E-state index contributed by atoms with van der Waals surface area (Å²) in [7, 11) is 5.02. The Morgan fingerprint density at radius 1 is 1.21 bits per heavy atom. The minimum Gasteiger partial charge on any atom is -0.373 e. The number of nitrogen functional groups attached to an aromatic ring is 1. The number of hydrogen-bond donors (Lipinski definition) is 3. The maximum atomic E-state index is 12.8. The number of carbonyl (C=O) groups excluding carboxylic acids is 1. The number of fused-ring (bicyclic) bond motifs is 1. The van der Waals surface area contributed by atoms with Gasteiger partial charge in [-0.3, -0.25) is 4.79 Å². The van der Waals surface area contributed by atoms with Crippen LogP contribution in [-0.2, 0) is 5.60 Å². The van der Waals surface area contributed by atoms with Crippen molar-refractivity contribution in [3.63, 3.8) is 0 Å². The summed E-state index contributed by atoms with van der Waals surface area (Å²) < 4.78 is 1.52. The quantitative estimate of drug-likeness (QED) is 0.384. The van der Waals surface area contributed by atoms with Crippen LogP contribution < -0.4 is 11.1 Å². The smallest absolute Gasteiger partial charge is 0.274 e. The van der Waals surface area contributed by atoms with Crippen LogP contribution in [0, 0.1) is 11.8 Å². The molecular weight excluding hydrogens is 434 g/mol. The summed E-state index contributed by atoms with van der Waals surface area (Å²) >= 11 is 0. The van der Waals surface area contributed by atoms with E-state index in [0.29, 0.717) is 28.1 Å². The highest BCUT2D eigenvalue weighted by atomic mass is 16.3. The molecule has 34 heavy (non-hydrogen) atoms. The van der Waals surface area contributed by atoms with Crippen LogP contribution in [0.15, 0.2) is 42.7 Å². The van der Waals surface area contributed by atoms with Gasteiger partial charge in [0.05, 0.1) is 5.52 Å². The van der Waals surface area contributed by atoms with Crippen LogP contribution in [0.5, 0.6) is 0 Å². The van der Waals surface area contributed by atoms with Gasteiger partial charge in [0.1, 0.15) is 5.82 Å². The molecule has 11 heteroatoms. The summed E-state index contributed by atoms with van der Waals surface area (Å²) in [5, 5.41) is 18.8. The van der Waals surface area contributed by atoms with Crippen LogP contribution in [-0.4, -0.2) is 66.8 Å². The summed E-state index contributed by atoms with van der Waals surface area (Å²) in [6, 6.07) is 8.61. The van der Waals surface area contributed by atoms with E-state index in [2.05, 4.69) is 42.2 Å². The zero-order valence-electron chi connectivity index (χ0n) is 19.1. The van der Waals surface area contributed by atoms with Crippen molar-refractivity contribution in [1.82, 2.24) is 34.6 Å². The number of nitrogens with zero attached hydrogens (tertiary/aromatic N) is 7. The maximum Gasteiger partial charge on any atom is 0.274 e. The number of amides is 1. The molecule has 0 saturated carbocycles. The molecule has 0 saturated heterocycles. The van der Waals surface area contributed by atoms with E-state index in [1.54, 1.807) is 63.9 Å². The first-order valence-corrected chi connectivity index (χ1v) is 10.3. The maximum absolute atomic E-state index is 12.8. The third-order valence-electron chi connectivity index (χ3n) is 4.94. The lowest BCUT2D eigenvalue weighted by molar-refractivity contribution is 0.0823. The van der Waals surface area contributed by atoms with Crippen molar-refractivity contribution in [3.05, 3.63) is 59.8 Å². The Labute approximate surface area is 195 Å². The van der Waals surface area contributed by atoms with Gasteiger partial charge in [-0.2, -0.15) is 15.1 Å². The lowest BCUT2D eigenvalue weighted by atomic mass is 10.1. The zero-order chi connectivity index (χ0) is 24.5. The number of aliphatic hydroxyl groups is 1. The van der Waals surface area contributed by atoms with Crippen molar-refractivity contribution in [2.24, 2.45) is 0 Å². The molecule has 0 radical (unpaired) electrons. The minimum atomic E-state index is -1.55. The average molecular weight is 457 g/mol. The van der Waals surface area contributed by atoms with Gasteiger partial charge in [0.15, 0.2) is 22.9 Å². The molecule has 0 aliphatic carbocycles. The lowest BCUT2D eigenvalue weighted by Gasteiger charge is -2.13. The normalized spacial score (nSPS) is 12.5. The molecular formula is C23H23N9O2. The number of nitrogens with two attached hydrogens (primary N) is 1. The molecule has 0 aliphatic rings. The summed E-state index contributed by atoms with van der Waals surface area (Å²) in [6.45, 7) is 1.52. The van der Waals surface area contributed by atoms with Crippen molar-refractivity contribution < 1.29 is 9.90 Å². The second-order valence-corrected chi connectivity index (χ2v) is 7.81. The summed E-state index contributed by atoms with van der Waals surface area (Å²) in [5.74, 6) is 6.65. The van der Waals surface area contributed by atoms with Gasteiger partial charge in [-0.05, 0) is 31.2 Å². The number of hydrogen-bond acceptors (Lipinski definition) is 9. The van der Waals surface area contributed by atoms with Crippen molar-refractivity contribution >= 4 is 28.6 Å². The van der Waals surface area contributed by atoms with Gasteiger partial charge in [0, 0.05) is 50.6 Å². The van der Waals surface area contributed by atoms with E-state index in [4.69, 9.17) is 5.73 Å². The second kappa shape index (κ2) is 8.76. The molecule has 4 rings (SSSR count). The fraction of sp³-hybridized carbons (Fsp3) is 0.217. The van der Waals surface area contributed by atoms with Crippen LogP contribution in [0.25, 0.3) is 16.7 Å². The monoisotopic (exact) mass is 457 g/mol. The highest BCUT2D eigenvalue weighted by Gasteiger charge is 2.24. The molecule has 1 amide bonds. The van der Waals surface area contributed by atoms with Crippen molar-refractivity contribution in [3.8, 4) is 17.7 Å². The van der Waals surface area contributed by atoms with Crippen LogP contribution in [0.2, 0.25) is 0 Å². The number of aromatic nitrogens is 6. The van der Waals surface area contributed by atoms with Crippen molar-refractivity contribution in [2.45, 2.75) is 12.5 Å². The van der Waals surface area contributed by atoms with Crippen molar-refractivity contribution in [2.75, 3.05) is 32.2 Å². The fourth-order valence-electron chi connectivity index (χ4n) is 3.23. The van der Waals surface area contributed by atoms with Crippen LogP contribution in [0.3, 0.4) is 0 Å². The molecule has 1 unspecified atom stereocenters. The number of nitrogens with one attached hydrogen (secondary N) is 1. The predicted molar refractivity (Wildman–Crippen MR) is 127 cm³/mol. The minimum absolute atomic E-state index is 0.0563. The number of rotatable bonds is 4. The number of carbonyl (C=O) groups is 1. The van der Waals surface area contributed by atoms with Crippen LogP contribution in [0.4, 0.5) is 11.8 Å². The Morgan fingerprint density at radius 3 is 2.62 bits per heavy atom. The number of anilines is 2. The molecule has 1 atom stereocenters. The van der Waals surface area contributed by atoms with E-state index in [-0.39, 0.29) is 23.4 Å². The molecule has 0 fully saturated rings. The average Bonchev–Trinajstić information content (AvgIpc) is 3.21. The highest BCUT2D eigenvalue weighted by Crippen LogP contribution is 2.25. The standard InChI is InChI=1S/C23H23N9O2/c1-23(34,21-26-10-5-11-27-21)9-8-14-6-7-15-16(12-14)32(30-19(15)20(33)31(3)4)18-13-17(25-2)28-22(24)29-18/h5-7,10-13,34H,1-4H3,(H3,24,25,28,29). The summed E-state index contributed by atoms with van der Waals surface area (Å²) in [6.07, 6.45) is 3.08. The first-order valence-electron chi connectivity index (χ1n) is 10.3. The topological polar surface area (TPSA) is 148 Å². The summed E-state index contributed by atoms with van der Waals surface area (Å²) in [4.78, 5) is 30.8. The van der Waals surface area contributed by atoms with Gasteiger partial charge in [0.2, 0.25) is 5.95 Å². The SMILES string of the molecule is CNc1cc(-n2nc(C(=O)N(C)C)c3ccc(C#CC(C)(O)c4ncccn4)cc32)nc(N)n1. The summed E-state index contributed by atoms with van der Waals surface area (Å²) in [5.41, 5.74) is 5.76. The van der Waals surface area contributed by atoms with Gasteiger partial charge in [0.25, 0.3) is 5.91 Å². The molecule has 1 aromatic carbocycles. The first-order chi connectivity index (χ1) is 16.2. The van der Waals surface area contributed by atoms with Gasteiger partial charge < -0.3 is 21.1 Å². The van der Waals surface area contributed by atoms with E-state index in [1.165, 1.54) is 16.5 Å². The predicted octanol–water partition coefficient (Wildman–Crippen LogP) is 1.19. The third-order valence-corrected chi connectivity index (χ3v) is 4.94. The molecule has 4 aromatic rings. The lowest BCUT2D eigenvalue weighted by Crippen LogP contribution is -2.22. The van der Waals surface area contributed by atoms with Gasteiger partial charge in [-0.1, -0.05) is 11.8 Å². The van der Waals surface area contributed by atoms with Crippen LogP contribution in [0.1, 0.15) is 28.8 Å². The van der Waals surface area contributed by atoms with Crippen molar-refractivity contribution in [1.29, 1.82) is 0 Å². The van der Waals surface area contributed by atoms with E-state index in [9.17, 15) is 9.90 Å². The Morgan fingerprint density at radius 2 is 1.94 bits per heavy atom. The van der Waals surface area contributed by atoms with E-state index in [1.807, 2.05) is 0 Å². The van der Waals surface area contributed by atoms with Gasteiger partial charge in [-0.25, -0.2) is 14.6 Å². The van der Waals surface area contributed by atoms with Gasteiger partial charge in [-0.15, -0.1) is 0 Å². The molecule has 11 nitrogen and oxygen atoms in total. The third kappa shape index (κ3) is 4.35. The van der Waals surface area contributed by atoms with E-state index in [0.717, 1.165) is 0 Å².